The molecule has 0 atom stereocenters. The monoisotopic (exact) mass is 766 g/mol. The molecule has 4 aromatic carbocycles. The van der Waals surface area contributed by atoms with Crippen molar-refractivity contribution < 1.29 is 14.4 Å². The van der Waals surface area contributed by atoms with Crippen LogP contribution in [0.5, 0.6) is 0 Å². The van der Waals surface area contributed by atoms with Crippen LogP contribution in [0.3, 0.4) is 0 Å². The Hall–Kier alpha value is -5.70. The lowest BCUT2D eigenvalue weighted by molar-refractivity contribution is -0.412. The minimum Gasteiger partial charge on any atom is -0.856 e. The van der Waals surface area contributed by atoms with E-state index in [2.05, 4.69) is 66.9 Å². The summed E-state index contributed by atoms with van der Waals surface area (Å²) in [5.74, 6) is -0.320. The van der Waals surface area contributed by atoms with Crippen LogP contribution in [0.15, 0.2) is 147 Å². The topological polar surface area (TPSA) is 169 Å². The van der Waals surface area contributed by atoms with Crippen LogP contribution in [-0.4, -0.2) is 52.8 Å². The lowest BCUT2D eigenvalue weighted by Crippen LogP contribution is -2.54. The lowest BCUT2D eigenvalue weighted by Gasteiger charge is -2.35. The number of hydrogen-bond donors (Lipinski definition) is 2. The zero-order valence-corrected chi connectivity index (χ0v) is 31.7. The van der Waals surface area contributed by atoms with Crippen molar-refractivity contribution in [2.45, 2.75) is 25.5 Å². The minimum absolute atomic E-state index is 0.0599. The molecule has 14 nitrogen and oxygen atoms in total. The fraction of sp³-hybridized carbons (Fsp3) is 0.139. The Labute approximate surface area is 314 Å². The number of nitro groups is 1. The Balaban J connectivity index is 1.85. The normalized spacial score (nSPS) is 13.3. The third-order valence-corrected chi connectivity index (χ3v) is 13.7. The van der Waals surface area contributed by atoms with E-state index >= 15 is 0 Å². The van der Waals surface area contributed by atoms with Crippen molar-refractivity contribution in [2.75, 3.05) is 12.5 Å². The molecule has 2 N–H and O–H groups in total. The van der Waals surface area contributed by atoms with Gasteiger partial charge in [-0.1, -0.05) is 115 Å². The second-order valence-corrected chi connectivity index (χ2v) is 16.4. The standard InChI is InChI=1S/C36H35N10O4PS2/c1-25-32(47)44(35(52-3)39-37-25)41-34(42-45-33(48)26(2)38-40-36(45)53-4)43(24-27-20-22-28(23-21-27)46(49)50)51(29-14-8-5-9-15-29,30-16-10-6-11-17-30)31-18-12-7-13-19-31/h5-23H,24H2,1-4H3,(H2-,37,38,41,42,47,48). The molecule has 6 rings (SSSR count). The molecule has 0 spiro atoms. The molecule has 0 fully saturated rings. The highest BCUT2D eigenvalue weighted by Gasteiger charge is 2.38. The largest absolute Gasteiger partial charge is 0.856 e. The molecule has 270 valence electrons. The van der Waals surface area contributed by atoms with Gasteiger partial charge >= 0.3 is 11.5 Å². The van der Waals surface area contributed by atoms with E-state index in [4.69, 9.17) is 5.10 Å². The molecule has 0 amide bonds. The number of benzene rings is 4. The van der Waals surface area contributed by atoms with Crippen LogP contribution in [-0.2, 0) is 6.54 Å². The lowest BCUT2D eigenvalue weighted by atomic mass is 10.2. The number of nitro benzene ring substituents is 1. The van der Waals surface area contributed by atoms with E-state index in [1.807, 2.05) is 54.6 Å². The molecule has 0 saturated heterocycles. The van der Waals surface area contributed by atoms with Crippen molar-refractivity contribution in [3.8, 4) is 0 Å². The summed E-state index contributed by atoms with van der Waals surface area (Å²) in [6.45, 7) is 3.29. The van der Waals surface area contributed by atoms with Crippen molar-refractivity contribution in [1.82, 2.24) is 30.7 Å². The number of nitrogens with zero attached hydrogens (tertiary/aromatic N) is 8. The number of non-ortho nitro benzene ring substituents is 1. The van der Waals surface area contributed by atoms with Gasteiger partial charge in [0.15, 0.2) is 0 Å². The van der Waals surface area contributed by atoms with Gasteiger partial charge in [-0.15, -0.1) is 20.0 Å². The summed E-state index contributed by atoms with van der Waals surface area (Å²) >= 11 is 2.42. The summed E-state index contributed by atoms with van der Waals surface area (Å²) < 4.78 is 3.23. The van der Waals surface area contributed by atoms with E-state index in [-0.39, 0.29) is 34.7 Å². The fourth-order valence-electron chi connectivity index (χ4n) is 5.72. The van der Waals surface area contributed by atoms with Crippen LogP contribution in [0.25, 0.3) is 0 Å². The summed E-state index contributed by atoms with van der Waals surface area (Å²) in [6, 6.07) is 36.2. The maximum absolute atomic E-state index is 13.9. The quantitative estimate of drug-likeness (QED) is 0.0561. The maximum Gasteiger partial charge on any atom is 0.434 e. The van der Waals surface area contributed by atoms with Crippen LogP contribution in [0.2, 0.25) is 0 Å². The average molecular weight is 767 g/mol. The van der Waals surface area contributed by atoms with Crippen LogP contribution in [0, 0.1) is 17.0 Å². The number of hydrogen-bond acceptors (Lipinski definition) is 12. The number of allylic oxidation sites excluding steroid dienone is 1. The van der Waals surface area contributed by atoms with Crippen molar-refractivity contribution in [3.05, 3.63) is 159 Å². The number of aryl methyl sites for hydroxylation is 1. The van der Waals surface area contributed by atoms with E-state index in [1.54, 1.807) is 38.5 Å². The summed E-state index contributed by atoms with van der Waals surface area (Å²) in [4.78, 5) is 25.1. The summed E-state index contributed by atoms with van der Waals surface area (Å²) in [7, 11) is -3.09. The third kappa shape index (κ3) is 7.47. The summed E-state index contributed by atoms with van der Waals surface area (Å²) in [6.07, 6.45) is 3.55. The van der Waals surface area contributed by atoms with E-state index in [9.17, 15) is 20.0 Å². The van der Waals surface area contributed by atoms with Crippen molar-refractivity contribution >= 4 is 63.3 Å². The zero-order valence-electron chi connectivity index (χ0n) is 29.2. The summed E-state index contributed by atoms with van der Waals surface area (Å²) in [5, 5.41) is 48.0. The molecule has 1 aromatic heterocycles. The number of rotatable bonds is 9. The molecular formula is C36H35N10O4PS2. The molecule has 5 aromatic rings. The van der Waals surface area contributed by atoms with Gasteiger partial charge in [0.05, 0.1) is 18.5 Å². The number of guanidine groups is 1. The Kier molecular flexibility index (Phi) is 11.4. The first-order chi connectivity index (χ1) is 25.7. The van der Waals surface area contributed by atoms with Gasteiger partial charge in [0.2, 0.25) is 10.3 Å². The number of amidine groups is 1. The molecule has 17 heteroatoms. The predicted molar refractivity (Wildman–Crippen MR) is 210 cm³/mol. The molecule has 1 aliphatic rings. The van der Waals surface area contributed by atoms with Gasteiger partial charge in [-0.25, -0.2) is 4.33 Å². The highest BCUT2D eigenvalue weighted by molar-refractivity contribution is 8.13. The zero-order chi connectivity index (χ0) is 37.5. The number of thioether (sulfide) groups is 2. The second-order valence-electron chi connectivity index (χ2n) is 11.5. The van der Waals surface area contributed by atoms with Crippen LogP contribution in [0.1, 0.15) is 18.2 Å². The van der Waals surface area contributed by atoms with E-state index in [0.29, 0.717) is 10.7 Å². The highest BCUT2D eigenvalue weighted by atomic mass is 32.2. The minimum atomic E-state index is -3.09. The van der Waals surface area contributed by atoms with Crippen LogP contribution in [0.4, 0.5) is 5.69 Å². The Bertz CT molecular complexity index is 2230. The van der Waals surface area contributed by atoms with Crippen molar-refractivity contribution in [1.29, 1.82) is 0 Å². The van der Waals surface area contributed by atoms with Crippen LogP contribution < -0.4 is 37.4 Å². The second kappa shape index (κ2) is 16.3. The van der Waals surface area contributed by atoms with Gasteiger partial charge in [-0.05, 0) is 44.1 Å². The first-order valence-corrected chi connectivity index (χ1v) is 20.4. The van der Waals surface area contributed by atoms with Gasteiger partial charge < -0.3 is 5.11 Å². The third-order valence-electron chi connectivity index (χ3n) is 8.25. The predicted octanol–water partition coefficient (Wildman–Crippen LogP) is 3.68. The average Bonchev–Trinajstić information content (AvgIpc) is 3.19. The van der Waals surface area contributed by atoms with Gasteiger partial charge in [0, 0.05) is 44.7 Å². The number of aromatic nitrogens is 3. The van der Waals surface area contributed by atoms with Crippen molar-refractivity contribution in [3.63, 3.8) is 0 Å². The highest BCUT2D eigenvalue weighted by Crippen LogP contribution is 2.46. The Morgan fingerprint density at radius 3 is 1.89 bits per heavy atom. The van der Waals surface area contributed by atoms with Gasteiger partial charge in [-0.2, -0.15) is 10.4 Å². The first-order valence-electron chi connectivity index (χ1n) is 16.2. The van der Waals surface area contributed by atoms with E-state index in [0.717, 1.165) is 15.9 Å². The fourth-order valence-corrected chi connectivity index (χ4v) is 10.9. The van der Waals surface area contributed by atoms with Crippen LogP contribution >= 0.6 is 30.6 Å². The Morgan fingerprint density at radius 2 is 1.40 bits per heavy atom. The summed E-state index contributed by atoms with van der Waals surface area (Å²) in [5.41, 5.74) is 6.60. The molecule has 1 aliphatic heterocycles. The van der Waals surface area contributed by atoms with Gasteiger partial charge in [0.25, 0.3) is 5.69 Å². The van der Waals surface area contributed by atoms with Gasteiger partial charge in [0.1, 0.15) is 5.69 Å². The molecule has 0 saturated carbocycles. The number of nitrogens with one attached hydrogen (secondary N) is 2. The van der Waals surface area contributed by atoms with Gasteiger partial charge in [-0.3, -0.25) is 20.3 Å². The molecule has 53 heavy (non-hydrogen) atoms. The molecule has 0 radical (unpaired) electrons. The molecular weight excluding hydrogens is 732 g/mol. The molecule has 0 bridgehead atoms. The van der Waals surface area contributed by atoms with E-state index < -0.39 is 23.4 Å². The van der Waals surface area contributed by atoms with Crippen molar-refractivity contribution in [2.24, 2.45) is 10.2 Å². The first kappa shape index (κ1) is 37.1. The SMILES string of the molecule is CSC1=NNC(C)=C([O-])N1N/C(=N\n1c(SC)nnc(C)c1=O)[N+](Cc1ccc([N+](=O)[O-])cc1)=P(c1ccccc1)(c1ccccc1)c1ccccc1. The number of hydrazine groups is 1. The number of hydrazone groups is 1. The smallest absolute Gasteiger partial charge is 0.434 e. The van der Waals surface area contributed by atoms with E-state index in [1.165, 1.54) is 45.3 Å². The molecule has 0 unspecified atom stereocenters. The molecule has 0 aliphatic carbocycles. The maximum atomic E-state index is 13.9. The Morgan fingerprint density at radius 1 is 0.849 bits per heavy atom. The molecule has 2 heterocycles.